The van der Waals surface area contributed by atoms with E-state index in [2.05, 4.69) is 30.5 Å². The lowest BCUT2D eigenvalue weighted by Crippen LogP contribution is -2.17. The van der Waals surface area contributed by atoms with Crippen molar-refractivity contribution in [2.24, 2.45) is 0 Å². The van der Waals surface area contributed by atoms with Crippen LogP contribution in [0.2, 0.25) is 5.02 Å². The molecule has 0 aliphatic rings. The number of hydrogen-bond donors (Lipinski definition) is 2. The van der Waals surface area contributed by atoms with Gasteiger partial charge in [0.05, 0.1) is 34.2 Å². The fourth-order valence-corrected chi connectivity index (χ4v) is 4.18. The van der Waals surface area contributed by atoms with E-state index in [0.29, 0.717) is 64.3 Å². The summed E-state index contributed by atoms with van der Waals surface area (Å²) >= 11 is 6.60. The second kappa shape index (κ2) is 13.2. The lowest BCUT2D eigenvalue weighted by Gasteiger charge is -2.16. The Morgan fingerprint density at radius 2 is 1.90 bits per heavy atom. The molecule has 0 saturated carbocycles. The quantitative estimate of drug-likeness (QED) is 0.223. The van der Waals surface area contributed by atoms with Gasteiger partial charge < -0.3 is 25.0 Å². The third kappa shape index (κ3) is 7.55. The first-order valence-electron chi connectivity index (χ1n) is 12.8. The Bertz CT molecular complexity index is 1450. The van der Waals surface area contributed by atoms with E-state index in [1.807, 2.05) is 58.3 Å². The largest absolute Gasteiger partial charge is 0.492 e. The molecule has 0 fully saturated rings. The number of hydrogen-bond acceptors (Lipinski definition) is 8. The number of aryl methyl sites for hydroxylation is 1. The standard InChI is InChI=1S/C29H33ClN6O3/c1-5-38-27-16-24-21(15-25(27)34-28(37)9-7-13-36(3)4)29(33-18-32-24)35-23-11-10-20(14-22(23)30)39-17-26-19(2)8-6-12-31-26/h6,8,10-12,14-16,18H,5,7,9,13,17H2,1-4H3,(H,34,37)(H,32,33,35). The van der Waals surface area contributed by atoms with Crippen molar-refractivity contribution in [3.8, 4) is 11.5 Å². The van der Waals surface area contributed by atoms with Gasteiger partial charge in [0.25, 0.3) is 0 Å². The maximum absolute atomic E-state index is 12.6. The van der Waals surface area contributed by atoms with Crippen LogP contribution in [0.4, 0.5) is 17.2 Å². The highest BCUT2D eigenvalue weighted by molar-refractivity contribution is 6.33. The van der Waals surface area contributed by atoms with Crippen LogP contribution in [0.3, 0.4) is 0 Å². The normalized spacial score (nSPS) is 11.0. The van der Waals surface area contributed by atoms with Crippen molar-refractivity contribution in [1.29, 1.82) is 0 Å². The van der Waals surface area contributed by atoms with E-state index < -0.39 is 0 Å². The first-order valence-corrected chi connectivity index (χ1v) is 13.2. The molecule has 0 spiro atoms. The van der Waals surface area contributed by atoms with E-state index in [0.717, 1.165) is 24.2 Å². The number of amides is 1. The molecule has 9 nitrogen and oxygen atoms in total. The van der Waals surface area contributed by atoms with Gasteiger partial charge in [-0.2, -0.15) is 0 Å². The summed E-state index contributed by atoms with van der Waals surface area (Å²) in [5, 5.41) is 7.47. The minimum absolute atomic E-state index is 0.0805. The van der Waals surface area contributed by atoms with Gasteiger partial charge in [0.2, 0.25) is 5.91 Å². The van der Waals surface area contributed by atoms with Crippen LogP contribution in [-0.2, 0) is 11.4 Å². The molecule has 204 valence electrons. The van der Waals surface area contributed by atoms with Crippen molar-refractivity contribution < 1.29 is 14.3 Å². The van der Waals surface area contributed by atoms with Crippen LogP contribution < -0.4 is 20.1 Å². The Labute approximate surface area is 233 Å². The predicted octanol–water partition coefficient (Wildman–Crippen LogP) is 5.99. The van der Waals surface area contributed by atoms with Crippen LogP contribution in [-0.4, -0.2) is 53.0 Å². The number of nitrogens with zero attached hydrogens (tertiary/aromatic N) is 4. The number of fused-ring (bicyclic) bond motifs is 1. The Morgan fingerprint density at radius 3 is 2.64 bits per heavy atom. The number of benzene rings is 2. The zero-order valence-corrected chi connectivity index (χ0v) is 23.4. The average Bonchev–Trinajstić information content (AvgIpc) is 2.90. The van der Waals surface area contributed by atoms with Gasteiger partial charge in [0.15, 0.2) is 0 Å². The number of ether oxygens (including phenoxy) is 2. The molecule has 2 heterocycles. The molecule has 2 aromatic heterocycles. The second-order valence-electron chi connectivity index (χ2n) is 9.30. The minimum atomic E-state index is -0.0805. The van der Waals surface area contributed by atoms with Crippen molar-refractivity contribution in [3.63, 3.8) is 0 Å². The lowest BCUT2D eigenvalue weighted by atomic mass is 10.1. The highest BCUT2D eigenvalue weighted by atomic mass is 35.5. The highest BCUT2D eigenvalue weighted by Gasteiger charge is 2.15. The molecule has 2 aromatic carbocycles. The van der Waals surface area contributed by atoms with Gasteiger partial charge in [-0.25, -0.2) is 9.97 Å². The summed E-state index contributed by atoms with van der Waals surface area (Å²) in [4.78, 5) is 27.9. The van der Waals surface area contributed by atoms with E-state index in [4.69, 9.17) is 21.1 Å². The van der Waals surface area contributed by atoms with Gasteiger partial charge in [-0.15, -0.1) is 0 Å². The third-order valence-corrected chi connectivity index (χ3v) is 6.32. The SMILES string of the molecule is CCOc1cc2ncnc(Nc3ccc(OCc4ncccc4C)cc3Cl)c2cc1NC(=O)CCCN(C)C. The van der Waals surface area contributed by atoms with Gasteiger partial charge in [-0.3, -0.25) is 9.78 Å². The lowest BCUT2D eigenvalue weighted by molar-refractivity contribution is -0.116. The second-order valence-corrected chi connectivity index (χ2v) is 9.71. The molecule has 0 atom stereocenters. The van der Waals surface area contributed by atoms with Crippen molar-refractivity contribution in [1.82, 2.24) is 19.9 Å². The third-order valence-electron chi connectivity index (χ3n) is 6.01. The highest BCUT2D eigenvalue weighted by Crippen LogP contribution is 2.35. The Kier molecular flexibility index (Phi) is 9.51. The molecule has 0 saturated heterocycles. The van der Waals surface area contributed by atoms with E-state index in [1.165, 1.54) is 6.33 Å². The van der Waals surface area contributed by atoms with E-state index in [1.54, 1.807) is 18.3 Å². The van der Waals surface area contributed by atoms with Gasteiger partial charge in [-0.05, 0) is 70.7 Å². The average molecular weight is 549 g/mol. The zero-order valence-electron chi connectivity index (χ0n) is 22.6. The summed E-state index contributed by atoms with van der Waals surface area (Å²) in [5.41, 5.74) is 3.82. The maximum atomic E-state index is 12.6. The van der Waals surface area contributed by atoms with Gasteiger partial charge in [-0.1, -0.05) is 17.7 Å². The number of anilines is 3. The van der Waals surface area contributed by atoms with Crippen LogP contribution in [0.5, 0.6) is 11.5 Å². The summed E-state index contributed by atoms with van der Waals surface area (Å²) in [6, 6.07) is 12.9. The zero-order chi connectivity index (χ0) is 27.8. The van der Waals surface area contributed by atoms with Gasteiger partial charge in [0, 0.05) is 30.1 Å². The van der Waals surface area contributed by atoms with Crippen LogP contribution in [0, 0.1) is 6.92 Å². The number of carbonyl (C=O) groups is 1. The van der Waals surface area contributed by atoms with Crippen LogP contribution >= 0.6 is 11.6 Å². The molecule has 0 unspecified atom stereocenters. The minimum Gasteiger partial charge on any atom is -0.492 e. The van der Waals surface area contributed by atoms with E-state index >= 15 is 0 Å². The van der Waals surface area contributed by atoms with Crippen LogP contribution in [0.1, 0.15) is 31.0 Å². The molecular weight excluding hydrogens is 516 g/mol. The predicted molar refractivity (Wildman–Crippen MR) is 155 cm³/mol. The molecule has 2 N–H and O–H groups in total. The topological polar surface area (TPSA) is 102 Å². The van der Waals surface area contributed by atoms with Crippen molar-refractivity contribution in [2.45, 2.75) is 33.3 Å². The molecule has 4 aromatic rings. The first kappa shape index (κ1) is 28.1. The number of rotatable bonds is 12. The molecule has 0 radical (unpaired) electrons. The Balaban J connectivity index is 1.54. The number of nitrogens with one attached hydrogen (secondary N) is 2. The molecule has 0 bridgehead atoms. The van der Waals surface area contributed by atoms with Crippen molar-refractivity contribution in [3.05, 3.63) is 71.3 Å². The van der Waals surface area contributed by atoms with Crippen molar-refractivity contribution >= 4 is 45.6 Å². The smallest absolute Gasteiger partial charge is 0.224 e. The summed E-state index contributed by atoms with van der Waals surface area (Å²) in [5.74, 6) is 1.65. The van der Waals surface area contributed by atoms with Gasteiger partial charge >= 0.3 is 0 Å². The molecule has 0 aliphatic carbocycles. The van der Waals surface area contributed by atoms with Crippen LogP contribution in [0.25, 0.3) is 10.9 Å². The molecule has 39 heavy (non-hydrogen) atoms. The molecule has 10 heteroatoms. The number of halogens is 1. The maximum Gasteiger partial charge on any atom is 0.224 e. The van der Waals surface area contributed by atoms with Gasteiger partial charge in [0.1, 0.15) is 30.3 Å². The van der Waals surface area contributed by atoms with Crippen molar-refractivity contribution in [2.75, 3.05) is 37.9 Å². The molecule has 4 rings (SSSR count). The number of carbonyl (C=O) groups excluding carboxylic acids is 1. The van der Waals surface area contributed by atoms with E-state index in [-0.39, 0.29) is 5.91 Å². The molecule has 0 aliphatic heterocycles. The monoisotopic (exact) mass is 548 g/mol. The summed E-state index contributed by atoms with van der Waals surface area (Å²) in [7, 11) is 3.97. The van der Waals surface area contributed by atoms with Crippen LogP contribution in [0.15, 0.2) is 55.0 Å². The van der Waals surface area contributed by atoms with E-state index in [9.17, 15) is 4.79 Å². The fourth-order valence-electron chi connectivity index (χ4n) is 3.96. The fraction of sp³-hybridized carbons (Fsp3) is 0.310. The number of aromatic nitrogens is 3. The summed E-state index contributed by atoms with van der Waals surface area (Å²) < 4.78 is 11.7. The Hall–Kier alpha value is -3.95. The number of pyridine rings is 1. The molecular formula is C29H33ClN6O3. The summed E-state index contributed by atoms with van der Waals surface area (Å²) in [6.45, 7) is 5.52. The summed E-state index contributed by atoms with van der Waals surface area (Å²) in [6.07, 6.45) is 4.38. The Morgan fingerprint density at radius 1 is 1.05 bits per heavy atom. The first-order chi connectivity index (χ1) is 18.8. The molecule has 1 amide bonds.